The van der Waals surface area contributed by atoms with Gasteiger partial charge in [-0.05, 0) is 49.8 Å². The molecule has 0 aliphatic heterocycles. The second-order valence-electron chi connectivity index (χ2n) is 7.13. The summed E-state index contributed by atoms with van der Waals surface area (Å²) in [5, 5.41) is 21.8. The molecule has 0 saturated heterocycles. The molecule has 8 nitrogen and oxygen atoms in total. The molecule has 0 bridgehead atoms. The van der Waals surface area contributed by atoms with Crippen molar-refractivity contribution in [3.8, 4) is 6.07 Å². The molecule has 0 fully saturated rings. The van der Waals surface area contributed by atoms with Crippen molar-refractivity contribution in [1.82, 2.24) is 9.78 Å². The molecule has 2 aromatic carbocycles. The first-order chi connectivity index (χ1) is 15.1. The van der Waals surface area contributed by atoms with Crippen molar-refractivity contribution in [3.63, 3.8) is 0 Å². The van der Waals surface area contributed by atoms with Gasteiger partial charge in [-0.25, -0.2) is 18.2 Å². The Morgan fingerprint density at radius 3 is 2.38 bits per heavy atom. The third kappa shape index (κ3) is 5.42. The van der Waals surface area contributed by atoms with E-state index in [9.17, 15) is 18.5 Å². The summed E-state index contributed by atoms with van der Waals surface area (Å²) in [6.45, 7) is 4.18. The first kappa shape index (κ1) is 23.2. The van der Waals surface area contributed by atoms with Crippen LogP contribution in [0.5, 0.6) is 0 Å². The number of sulfonamides is 1. The predicted octanol–water partition coefficient (Wildman–Crippen LogP) is 3.39. The number of amides is 1. The normalized spacial score (nSPS) is 11.8. The summed E-state index contributed by atoms with van der Waals surface area (Å²) in [5.74, 6) is -0.669. The third-order valence-electron chi connectivity index (χ3n) is 4.66. The summed E-state index contributed by atoms with van der Waals surface area (Å²) in [4.78, 5) is 12.5. The lowest BCUT2D eigenvalue weighted by molar-refractivity contribution is -0.112. The van der Waals surface area contributed by atoms with Crippen LogP contribution in [0.4, 0.5) is 5.69 Å². The molecule has 0 aliphatic carbocycles. The van der Waals surface area contributed by atoms with E-state index in [1.807, 2.05) is 37.3 Å². The van der Waals surface area contributed by atoms with Crippen LogP contribution < -0.4 is 10.5 Å². The number of benzene rings is 2. The van der Waals surface area contributed by atoms with Crippen LogP contribution in [0.15, 0.2) is 59.0 Å². The number of aryl methyl sites for hydroxylation is 2. The Bertz CT molecular complexity index is 1340. The fraction of sp³-hybridized carbons (Fsp3) is 0.136. The molecule has 32 heavy (non-hydrogen) atoms. The number of anilines is 1. The van der Waals surface area contributed by atoms with Gasteiger partial charge >= 0.3 is 0 Å². The number of carbonyl (C=O) groups excluding carboxylic acids is 1. The number of nitrogens with one attached hydrogen (secondary N) is 1. The van der Waals surface area contributed by atoms with Gasteiger partial charge in [0.1, 0.15) is 16.8 Å². The smallest absolute Gasteiger partial charge is 0.266 e. The number of nitrogens with two attached hydrogens (primary N) is 1. The monoisotopic (exact) mass is 469 g/mol. The topological polar surface area (TPSA) is 131 Å². The van der Waals surface area contributed by atoms with Gasteiger partial charge < -0.3 is 5.32 Å². The molecular formula is C22H20ClN5O3S. The van der Waals surface area contributed by atoms with Crippen molar-refractivity contribution in [2.24, 2.45) is 5.14 Å². The number of hydrogen-bond acceptors (Lipinski definition) is 5. The van der Waals surface area contributed by atoms with E-state index in [1.165, 1.54) is 30.3 Å². The molecule has 1 amide bonds. The highest BCUT2D eigenvalue weighted by Gasteiger charge is 2.17. The highest BCUT2D eigenvalue weighted by molar-refractivity contribution is 7.89. The molecule has 0 saturated carbocycles. The zero-order valence-electron chi connectivity index (χ0n) is 17.3. The first-order valence-electron chi connectivity index (χ1n) is 9.43. The van der Waals surface area contributed by atoms with Crippen LogP contribution in [0.2, 0.25) is 5.15 Å². The molecule has 3 rings (SSSR count). The molecule has 0 atom stereocenters. The maximum Gasteiger partial charge on any atom is 0.266 e. The number of carbonyl (C=O) groups is 1. The quantitative estimate of drug-likeness (QED) is 0.422. The number of hydrogen-bond donors (Lipinski definition) is 2. The van der Waals surface area contributed by atoms with Gasteiger partial charge in [0.05, 0.1) is 17.1 Å². The van der Waals surface area contributed by atoms with Crippen molar-refractivity contribution < 1.29 is 13.2 Å². The number of halogens is 1. The minimum Gasteiger partial charge on any atom is -0.321 e. The van der Waals surface area contributed by atoms with Crippen LogP contribution in [-0.2, 0) is 21.4 Å². The SMILES string of the molecule is Cc1ccc(Cn2nc(C)c(/C=C(\C#N)C(=O)Nc3ccc(S(N)(=O)=O)cc3)c2Cl)cc1. The van der Waals surface area contributed by atoms with Crippen LogP contribution in [0.25, 0.3) is 6.08 Å². The van der Waals surface area contributed by atoms with Crippen molar-refractivity contribution in [1.29, 1.82) is 5.26 Å². The van der Waals surface area contributed by atoms with E-state index >= 15 is 0 Å². The summed E-state index contributed by atoms with van der Waals surface area (Å²) >= 11 is 6.48. The van der Waals surface area contributed by atoms with E-state index < -0.39 is 15.9 Å². The van der Waals surface area contributed by atoms with Gasteiger partial charge in [-0.2, -0.15) is 10.4 Å². The van der Waals surface area contributed by atoms with E-state index in [4.69, 9.17) is 16.7 Å². The van der Waals surface area contributed by atoms with E-state index in [0.717, 1.165) is 11.1 Å². The van der Waals surface area contributed by atoms with Crippen LogP contribution in [0.1, 0.15) is 22.4 Å². The largest absolute Gasteiger partial charge is 0.321 e. The van der Waals surface area contributed by atoms with Gasteiger partial charge in [-0.3, -0.25) is 4.79 Å². The molecule has 0 unspecified atom stereocenters. The van der Waals surface area contributed by atoms with Gasteiger partial charge in [0.2, 0.25) is 10.0 Å². The van der Waals surface area contributed by atoms with E-state index in [0.29, 0.717) is 28.6 Å². The zero-order valence-corrected chi connectivity index (χ0v) is 18.9. The Morgan fingerprint density at radius 2 is 1.81 bits per heavy atom. The van der Waals surface area contributed by atoms with Gasteiger partial charge in [-0.1, -0.05) is 41.4 Å². The Balaban J connectivity index is 1.82. The molecule has 3 aromatic rings. The average molecular weight is 470 g/mol. The Kier molecular flexibility index (Phi) is 6.79. The van der Waals surface area contributed by atoms with Crippen LogP contribution in [-0.4, -0.2) is 24.1 Å². The van der Waals surface area contributed by atoms with Crippen molar-refractivity contribution in [2.45, 2.75) is 25.3 Å². The molecular weight excluding hydrogens is 450 g/mol. The molecule has 1 aromatic heterocycles. The van der Waals surface area contributed by atoms with E-state index in [1.54, 1.807) is 11.6 Å². The number of nitrogens with zero attached hydrogens (tertiary/aromatic N) is 3. The van der Waals surface area contributed by atoms with E-state index in [2.05, 4.69) is 10.4 Å². The van der Waals surface area contributed by atoms with E-state index in [-0.39, 0.29) is 10.5 Å². The van der Waals surface area contributed by atoms with Crippen molar-refractivity contribution >= 4 is 39.3 Å². The van der Waals surface area contributed by atoms with Gasteiger partial charge in [0.25, 0.3) is 5.91 Å². The number of primary sulfonamides is 1. The summed E-state index contributed by atoms with van der Waals surface area (Å²) in [5.41, 5.74) is 3.32. The van der Waals surface area contributed by atoms with Gasteiger partial charge in [0, 0.05) is 11.3 Å². The molecule has 0 radical (unpaired) electrons. The Hall–Kier alpha value is -3.45. The van der Waals surface area contributed by atoms with Crippen LogP contribution in [0, 0.1) is 25.2 Å². The lowest BCUT2D eigenvalue weighted by Crippen LogP contribution is -2.14. The van der Waals surface area contributed by atoms with Gasteiger partial charge in [0.15, 0.2) is 0 Å². The summed E-state index contributed by atoms with van der Waals surface area (Å²) in [6, 6.07) is 15.1. The zero-order chi connectivity index (χ0) is 23.5. The number of rotatable bonds is 6. The predicted molar refractivity (Wildman–Crippen MR) is 122 cm³/mol. The lowest BCUT2D eigenvalue weighted by Gasteiger charge is -2.06. The molecule has 0 spiro atoms. The Morgan fingerprint density at radius 1 is 1.19 bits per heavy atom. The molecule has 3 N–H and O–H groups in total. The van der Waals surface area contributed by atoms with Gasteiger partial charge in [-0.15, -0.1) is 0 Å². The maximum atomic E-state index is 12.6. The third-order valence-corrected chi connectivity index (χ3v) is 5.98. The highest BCUT2D eigenvalue weighted by atomic mass is 35.5. The second-order valence-corrected chi connectivity index (χ2v) is 9.05. The minimum absolute atomic E-state index is 0.0880. The summed E-state index contributed by atoms with van der Waals surface area (Å²) in [7, 11) is -3.84. The minimum atomic E-state index is -3.84. The van der Waals surface area contributed by atoms with Crippen molar-refractivity contribution in [2.75, 3.05) is 5.32 Å². The average Bonchev–Trinajstić information content (AvgIpc) is 3.00. The van der Waals surface area contributed by atoms with Crippen LogP contribution in [0.3, 0.4) is 0 Å². The standard InChI is InChI=1S/C22H20ClN5O3S/c1-14-3-5-16(6-4-14)13-28-21(23)20(15(2)27-28)11-17(12-24)22(29)26-18-7-9-19(10-8-18)32(25,30)31/h3-11H,13H2,1-2H3,(H,26,29)(H2,25,30,31)/b17-11+. The van der Waals surface area contributed by atoms with Crippen molar-refractivity contribution in [3.05, 3.63) is 81.6 Å². The first-order valence-corrected chi connectivity index (χ1v) is 11.4. The summed E-state index contributed by atoms with van der Waals surface area (Å²) in [6.07, 6.45) is 1.38. The molecule has 10 heteroatoms. The summed E-state index contributed by atoms with van der Waals surface area (Å²) < 4.78 is 24.3. The molecule has 164 valence electrons. The van der Waals surface area contributed by atoms with Crippen LogP contribution >= 0.6 is 11.6 Å². The molecule has 1 heterocycles. The second kappa shape index (κ2) is 9.36. The lowest BCUT2D eigenvalue weighted by atomic mass is 10.1. The Labute approximate surface area is 191 Å². The highest BCUT2D eigenvalue weighted by Crippen LogP contribution is 2.24. The fourth-order valence-corrected chi connectivity index (χ4v) is 3.73. The fourth-order valence-electron chi connectivity index (χ4n) is 2.92. The maximum absolute atomic E-state index is 12.6. The number of aromatic nitrogens is 2. The number of nitriles is 1. The molecule has 0 aliphatic rings.